The number of nitrogens with zero attached hydrogens (tertiary/aromatic N) is 4. The highest BCUT2D eigenvalue weighted by Gasteiger charge is 2.05. The second-order valence-corrected chi connectivity index (χ2v) is 4.66. The van der Waals surface area contributed by atoms with Crippen LogP contribution in [0.2, 0.25) is 0 Å². The molecular weight excluding hydrogens is 280 g/mol. The van der Waals surface area contributed by atoms with Gasteiger partial charge >= 0.3 is 0 Å². The average Bonchev–Trinajstić information content (AvgIpc) is 2.81. The van der Waals surface area contributed by atoms with E-state index in [1.165, 1.54) is 0 Å². The van der Waals surface area contributed by atoms with E-state index in [9.17, 15) is 0 Å². The molecule has 0 saturated carbocycles. The highest BCUT2D eigenvalue weighted by Crippen LogP contribution is 2.23. The van der Waals surface area contributed by atoms with Crippen LogP contribution in [0.3, 0.4) is 0 Å². The van der Waals surface area contributed by atoms with Crippen molar-refractivity contribution in [3.63, 3.8) is 0 Å². The van der Waals surface area contributed by atoms with Gasteiger partial charge in [-0.1, -0.05) is 27.2 Å². The Morgan fingerprint density at radius 3 is 3.00 bits per heavy atom. The zero-order valence-electron chi connectivity index (χ0n) is 8.92. The smallest absolute Gasteiger partial charge is 0.0753 e. The molecule has 0 bridgehead atoms. The Hall–Kier alpha value is -1.75. The monoisotopic (exact) mass is 288 g/mol. The molecule has 0 spiro atoms. The Labute approximate surface area is 106 Å². The Morgan fingerprint density at radius 2 is 2.18 bits per heavy atom. The number of hydrogen-bond donors (Lipinski definition) is 0. The molecule has 5 heteroatoms. The predicted octanol–water partition coefficient (Wildman–Crippen LogP) is 2.64. The number of halogens is 1. The van der Waals surface area contributed by atoms with Crippen LogP contribution in [-0.4, -0.2) is 20.0 Å². The van der Waals surface area contributed by atoms with Crippen LogP contribution in [0.5, 0.6) is 0 Å². The maximum absolute atomic E-state index is 4.42. The van der Waals surface area contributed by atoms with E-state index in [2.05, 4.69) is 49.4 Å². The standard InChI is InChI=1S/C12H9BrN4/c13-11-6-9-2-1-3-14-12(9)10(7-11)8-17-5-4-15-16-17/h1-7H,8H2. The number of pyridine rings is 1. The van der Waals surface area contributed by atoms with E-state index in [0.717, 1.165) is 20.9 Å². The molecule has 84 valence electrons. The molecule has 0 aliphatic rings. The highest BCUT2D eigenvalue weighted by molar-refractivity contribution is 9.10. The summed E-state index contributed by atoms with van der Waals surface area (Å²) in [6.45, 7) is 0.674. The fourth-order valence-electron chi connectivity index (χ4n) is 1.84. The minimum Gasteiger partial charge on any atom is -0.256 e. The molecule has 0 aliphatic heterocycles. The number of fused-ring (bicyclic) bond motifs is 1. The summed E-state index contributed by atoms with van der Waals surface area (Å²) in [5.74, 6) is 0. The lowest BCUT2D eigenvalue weighted by Gasteiger charge is -2.06. The molecule has 0 aliphatic carbocycles. The quantitative estimate of drug-likeness (QED) is 0.728. The van der Waals surface area contributed by atoms with E-state index < -0.39 is 0 Å². The molecule has 0 atom stereocenters. The topological polar surface area (TPSA) is 43.6 Å². The van der Waals surface area contributed by atoms with Gasteiger partial charge in [-0.05, 0) is 18.2 Å². The van der Waals surface area contributed by atoms with Crippen molar-refractivity contribution in [2.45, 2.75) is 6.54 Å². The van der Waals surface area contributed by atoms with Gasteiger partial charge in [0.1, 0.15) is 0 Å². The molecule has 4 nitrogen and oxygen atoms in total. The van der Waals surface area contributed by atoms with Gasteiger partial charge in [-0.25, -0.2) is 4.68 Å². The first kappa shape index (κ1) is 10.4. The summed E-state index contributed by atoms with van der Waals surface area (Å²) in [6.07, 6.45) is 5.32. The SMILES string of the molecule is Brc1cc(Cn2ccnn2)c2ncccc2c1. The molecule has 0 N–H and O–H groups in total. The van der Waals surface area contributed by atoms with E-state index in [4.69, 9.17) is 0 Å². The van der Waals surface area contributed by atoms with E-state index >= 15 is 0 Å². The van der Waals surface area contributed by atoms with Crippen molar-refractivity contribution in [2.24, 2.45) is 0 Å². The first-order valence-electron chi connectivity index (χ1n) is 5.20. The second kappa shape index (κ2) is 4.25. The first-order chi connectivity index (χ1) is 8.33. The van der Waals surface area contributed by atoms with Crippen molar-refractivity contribution in [3.8, 4) is 0 Å². The van der Waals surface area contributed by atoms with Gasteiger partial charge in [-0.15, -0.1) is 5.10 Å². The van der Waals surface area contributed by atoms with Crippen molar-refractivity contribution >= 4 is 26.8 Å². The van der Waals surface area contributed by atoms with Gasteiger partial charge in [-0.3, -0.25) is 4.98 Å². The summed E-state index contributed by atoms with van der Waals surface area (Å²) < 4.78 is 2.84. The minimum atomic E-state index is 0.674. The van der Waals surface area contributed by atoms with Gasteiger partial charge < -0.3 is 0 Å². The van der Waals surface area contributed by atoms with Gasteiger partial charge in [-0.2, -0.15) is 0 Å². The highest BCUT2D eigenvalue weighted by atomic mass is 79.9. The largest absolute Gasteiger partial charge is 0.256 e. The molecule has 0 saturated heterocycles. The third kappa shape index (κ3) is 2.06. The van der Waals surface area contributed by atoms with E-state index in [0.29, 0.717) is 6.54 Å². The Balaban J connectivity index is 2.14. The summed E-state index contributed by atoms with van der Waals surface area (Å²) in [4.78, 5) is 4.42. The van der Waals surface area contributed by atoms with Gasteiger partial charge in [0.25, 0.3) is 0 Å². The van der Waals surface area contributed by atoms with Crippen molar-refractivity contribution in [3.05, 3.63) is 52.9 Å². The third-order valence-corrected chi connectivity index (χ3v) is 3.01. The molecule has 2 aromatic heterocycles. The lowest BCUT2D eigenvalue weighted by atomic mass is 10.1. The van der Waals surface area contributed by atoms with Gasteiger partial charge in [0, 0.05) is 27.8 Å². The van der Waals surface area contributed by atoms with E-state index in [1.807, 2.05) is 12.3 Å². The summed E-state index contributed by atoms with van der Waals surface area (Å²) in [6, 6.07) is 8.12. The number of rotatable bonds is 2. The van der Waals surface area contributed by atoms with Crippen molar-refractivity contribution < 1.29 is 0 Å². The second-order valence-electron chi connectivity index (χ2n) is 3.74. The van der Waals surface area contributed by atoms with Crippen LogP contribution in [0.1, 0.15) is 5.56 Å². The van der Waals surface area contributed by atoms with Crippen LogP contribution in [-0.2, 0) is 6.54 Å². The summed E-state index contributed by atoms with van der Waals surface area (Å²) in [5.41, 5.74) is 2.13. The summed E-state index contributed by atoms with van der Waals surface area (Å²) >= 11 is 3.51. The van der Waals surface area contributed by atoms with Gasteiger partial charge in [0.2, 0.25) is 0 Å². The molecule has 3 aromatic rings. The zero-order valence-corrected chi connectivity index (χ0v) is 10.5. The van der Waals surface area contributed by atoms with Crippen LogP contribution < -0.4 is 0 Å². The molecule has 0 amide bonds. The molecule has 1 aromatic carbocycles. The minimum absolute atomic E-state index is 0.674. The van der Waals surface area contributed by atoms with Crippen LogP contribution in [0, 0.1) is 0 Å². The van der Waals surface area contributed by atoms with Gasteiger partial charge in [0.15, 0.2) is 0 Å². The lowest BCUT2D eigenvalue weighted by Crippen LogP contribution is -2.02. The zero-order chi connectivity index (χ0) is 11.7. The number of aromatic nitrogens is 4. The molecule has 2 heterocycles. The normalized spacial score (nSPS) is 10.9. The molecule has 0 unspecified atom stereocenters. The van der Waals surface area contributed by atoms with Crippen molar-refractivity contribution in [1.29, 1.82) is 0 Å². The van der Waals surface area contributed by atoms with Crippen LogP contribution in [0.4, 0.5) is 0 Å². The lowest BCUT2D eigenvalue weighted by molar-refractivity contribution is 0.651. The Morgan fingerprint density at radius 1 is 1.24 bits per heavy atom. The molecule has 0 radical (unpaired) electrons. The van der Waals surface area contributed by atoms with Crippen LogP contribution >= 0.6 is 15.9 Å². The van der Waals surface area contributed by atoms with Crippen LogP contribution in [0.15, 0.2) is 47.3 Å². The maximum Gasteiger partial charge on any atom is 0.0753 e. The number of hydrogen-bond acceptors (Lipinski definition) is 3. The predicted molar refractivity (Wildman–Crippen MR) is 68.6 cm³/mol. The Bertz CT molecular complexity index is 649. The first-order valence-corrected chi connectivity index (χ1v) is 5.99. The fourth-order valence-corrected chi connectivity index (χ4v) is 2.36. The molecule has 17 heavy (non-hydrogen) atoms. The van der Waals surface area contributed by atoms with Crippen LogP contribution in [0.25, 0.3) is 10.9 Å². The fraction of sp³-hybridized carbons (Fsp3) is 0.0833. The summed E-state index contributed by atoms with van der Waals surface area (Å²) in [5, 5.41) is 8.90. The van der Waals surface area contributed by atoms with Gasteiger partial charge in [0.05, 0.1) is 18.3 Å². The van der Waals surface area contributed by atoms with E-state index in [-0.39, 0.29) is 0 Å². The molecule has 3 rings (SSSR count). The summed E-state index contributed by atoms with van der Waals surface area (Å²) in [7, 11) is 0. The van der Waals surface area contributed by atoms with E-state index in [1.54, 1.807) is 17.1 Å². The van der Waals surface area contributed by atoms with Crippen molar-refractivity contribution in [1.82, 2.24) is 20.0 Å². The molecule has 0 fully saturated rings. The Kier molecular flexibility index (Phi) is 2.60. The maximum atomic E-state index is 4.42. The number of benzene rings is 1. The van der Waals surface area contributed by atoms with Crippen molar-refractivity contribution in [2.75, 3.05) is 0 Å². The molecular formula is C12H9BrN4. The average molecular weight is 289 g/mol. The third-order valence-electron chi connectivity index (χ3n) is 2.55.